The quantitative estimate of drug-likeness (QED) is 0.386. The van der Waals surface area contributed by atoms with Crippen LogP contribution in [0.5, 0.6) is 0 Å². The lowest BCUT2D eigenvalue weighted by atomic mass is 10.1. The average Bonchev–Trinajstić information content (AvgIpc) is 2.97. The van der Waals surface area contributed by atoms with Crippen LogP contribution in [-0.4, -0.2) is 16.5 Å². The number of aromatic nitrogens is 1. The van der Waals surface area contributed by atoms with E-state index in [9.17, 15) is 9.18 Å². The molecule has 1 heterocycles. The zero-order valence-corrected chi connectivity index (χ0v) is 18.7. The van der Waals surface area contributed by atoms with Gasteiger partial charge in [-0.25, -0.2) is 4.39 Å². The smallest absolute Gasteiger partial charge is 0.250 e. The second-order valence-corrected chi connectivity index (χ2v) is 8.82. The van der Waals surface area contributed by atoms with Gasteiger partial charge in [0.05, 0.1) is 20.5 Å². The van der Waals surface area contributed by atoms with Gasteiger partial charge in [-0.05, 0) is 48.7 Å². The fourth-order valence-electron chi connectivity index (χ4n) is 2.87. The summed E-state index contributed by atoms with van der Waals surface area (Å²) in [5.74, 6) is -0.994. The van der Waals surface area contributed by atoms with E-state index < -0.39 is 11.7 Å². The Kier molecular flexibility index (Phi) is 6.94. The number of hydrogen-bond acceptors (Lipinski definition) is 3. The zero-order valence-electron chi connectivity index (χ0n) is 14.8. The number of fused-ring (bicyclic) bond motifs is 1. The standard InChI is InChI=1S/C19H17BrCl2FN3OS/c1-2-12(25-28-18-15(21)5-10(20)6-16(18)22)8-26-9-14(19(24)27)13-7-11(23)3-4-17(13)26/h3-7,9,12,25H,2,8H2,1H3,(H2,24,27)/t12-/m0/s1. The summed E-state index contributed by atoms with van der Waals surface area (Å²) in [7, 11) is 0. The molecule has 1 atom stereocenters. The van der Waals surface area contributed by atoms with Crippen molar-refractivity contribution < 1.29 is 9.18 Å². The van der Waals surface area contributed by atoms with Crippen LogP contribution in [0.2, 0.25) is 10.0 Å². The van der Waals surface area contributed by atoms with E-state index in [2.05, 4.69) is 20.7 Å². The summed E-state index contributed by atoms with van der Waals surface area (Å²) in [6.45, 7) is 2.61. The molecule has 4 nitrogen and oxygen atoms in total. The van der Waals surface area contributed by atoms with Gasteiger partial charge in [-0.1, -0.05) is 46.1 Å². The van der Waals surface area contributed by atoms with Gasteiger partial charge in [0.2, 0.25) is 0 Å². The molecule has 3 rings (SSSR count). The summed E-state index contributed by atoms with van der Waals surface area (Å²) in [6, 6.07) is 7.96. The number of amides is 1. The van der Waals surface area contributed by atoms with Crippen LogP contribution in [0.4, 0.5) is 4.39 Å². The van der Waals surface area contributed by atoms with Crippen molar-refractivity contribution in [1.82, 2.24) is 9.29 Å². The Bertz CT molecular complexity index is 1020. The minimum Gasteiger partial charge on any atom is -0.366 e. The number of carbonyl (C=O) groups excluding carboxylic acids is 1. The molecule has 0 bridgehead atoms. The highest BCUT2D eigenvalue weighted by Gasteiger charge is 2.17. The van der Waals surface area contributed by atoms with Gasteiger partial charge in [-0.2, -0.15) is 0 Å². The van der Waals surface area contributed by atoms with Gasteiger partial charge in [0.1, 0.15) is 5.82 Å². The molecule has 0 aliphatic rings. The zero-order chi connectivity index (χ0) is 20.4. The fraction of sp³-hybridized carbons (Fsp3) is 0.211. The number of halogens is 4. The van der Waals surface area contributed by atoms with Crippen molar-refractivity contribution >= 4 is 67.9 Å². The number of rotatable bonds is 7. The first kappa shape index (κ1) is 21.5. The molecule has 0 aliphatic heterocycles. The first-order chi connectivity index (χ1) is 13.3. The fourth-order valence-corrected chi connectivity index (χ4v) is 5.15. The SMILES string of the molecule is CC[C@@H](Cn1cc(C(N)=O)c2cc(F)ccc21)NSc1c(Cl)cc(Br)cc1Cl. The van der Waals surface area contributed by atoms with Crippen molar-refractivity contribution in [2.75, 3.05) is 0 Å². The third kappa shape index (κ3) is 4.66. The monoisotopic (exact) mass is 503 g/mol. The van der Waals surface area contributed by atoms with E-state index in [1.165, 1.54) is 24.1 Å². The van der Waals surface area contributed by atoms with E-state index in [-0.39, 0.29) is 6.04 Å². The third-order valence-electron chi connectivity index (χ3n) is 4.31. The molecule has 3 aromatic rings. The Morgan fingerprint density at radius 1 is 1.32 bits per heavy atom. The number of benzene rings is 2. The van der Waals surface area contributed by atoms with Crippen LogP contribution in [0.1, 0.15) is 23.7 Å². The molecule has 1 amide bonds. The van der Waals surface area contributed by atoms with Gasteiger partial charge in [-0.3, -0.25) is 9.52 Å². The van der Waals surface area contributed by atoms with Gasteiger partial charge in [-0.15, -0.1) is 0 Å². The first-order valence-electron chi connectivity index (χ1n) is 8.45. The van der Waals surface area contributed by atoms with Gasteiger partial charge in [0, 0.05) is 34.2 Å². The second-order valence-electron chi connectivity index (χ2n) is 6.24. The minimum atomic E-state index is -0.585. The Hall–Kier alpha value is -1.25. The molecule has 0 fully saturated rings. The van der Waals surface area contributed by atoms with E-state index in [1.807, 2.05) is 11.5 Å². The molecular formula is C19H17BrCl2FN3OS. The summed E-state index contributed by atoms with van der Waals surface area (Å²) < 4.78 is 19.7. The molecule has 3 N–H and O–H groups in total. The molecule has 1 aromatic heterocycles. The maximum Gasteiger partial charge on any atom is 0.250 e. The normalized spacial score (nSPS) is 12.5. The first-order valence-corrected chi connectivity index (χ1v) is 10.8. The van der Waals surface area contributed by atoms with Crippen molar-refractivity contribution in [2.24, 2.45) is 5.73 Å². The summed E-state index contributed by atoms with van der Waals surface area (Å²) >= 11 is 17.3. The molecule has 148 valence electrons. The largest absolute Gasteiger partial charge is 0.366 e. The number of primary amides is 1. The minimum absolute atomic E-state index is 0.0437. The van der Waals surface area contributed by atoms with Crippen molar-refractivity contribution in [3.8, 4) is 0 Å². The van der Waals surface area contributed by atoms with Gasteiger partial charge < -0.3 is 10.3 Å². The van der Waals surface area contributed by atoms with Crippen molar-refractivity contribution in [3.05, 3.63) is 62.4 Å². The van der Waals surface area contributed by atoms with Crippen molar-refractivity contribution in [3.63, 3.8) is 0 Å². The molecule has 0 saturated heterocycles. The van der Waals surface area contributed by atoms with Gasteiger partial charge in [0.15, 0.2) is 0 Å². The van der Waals surface area contributed by atoms with Crippen LogP contribution < -0.4 is 10.5 Å². The summed E-state index contributed by atoms with van der Waals surface area (Å²) in [5.41, 5.74) is 6.51. The highest BCUT2D eigenvalue weighted by molar-refractivity contribution is 9.10. The Morgan fingerprint density at radius 3 is 2.61 bits per heavy atom. The van der Waals surface area contributed by atoms with Crippen LogP contribution in [0.3, 0.4) is 0 Å². The maximum absolute atomic E-state index is 13.6. The summed E-state index contributed by atoms with van der Waals surface area (Å²) in [4.78, 5) is 12.5. The topological polar surface area (TPSA) is 60.0 Å². The summed E-state index contributed by atoms with van der Waals surface area (Å²) in [5, 5.41) is 1.60. The number of hydrogen-bond donors (Lipinski definition) is 2. The number of nitrogens with zero attached hydrogens (tertiary/aromatic N) is 1. The van der Waals surface area contributed by atoms with Gasteiger partial charge >= 0.3 is 0 Å². The van der Waals surface area contributed by atoms with Crippen LogP contribution in [0.25, 0.3) is 10.9 Å². The number of carbonyl (C=O) groups is 1. The third-order valence-corrected chi connectivity index (χ3v) is 6.68. The Balaban J connectivity index is 1.83. The Morgan fingerprint density at radius 2 is 2.00 bits per heavy atom. The number of nitrogens with two attached hydrogens (primary N) is 1. The molecule has 0 saturated carbocycles. The molecule has 0 aliphatic carbocycles. The molecular weight excluding hydrogens is 488 g/mol. The molecule has 0 radical (unpaired) electrons. The lowest BCUT2D eigenvalue weighted by molar-refractivity contribution is 0.100. The average molecular weight is 505 g/mol. The van der Waals surface area contributed by atoms with E-state index in [4.69, 9.17) is 28.9 Å². The van der Waals surface area contributed by atoms with Gasteiger partial charge in [0.25, 0.3) is 5.91 Å². The predicted octanol–water partition coefficient (Wildman–Crippen LogP) is 6.02. The van der Waals surface area contributed by atoms with E-state index in [0.717, 1.165) is 21.3 Å². The van der Waals surface area contributed by atoms with Crippen LogP contribution in [0.15, 0.2) is 45.9 Å². The lowest BCUT2D eigenvalue weighted by Crippen LogP contribution is -2.27. The van der Waals surface area contributed by atoms with Crippen molar-refractivity contribution in [1.29, 1.82) is 0 Å². The molecule has 9 heteroatoms. The van der Waals surface area contributed by atoms with Crippen molar-refractivity contribution in [2.45, 2.75) is 30.8 Å². The van der Waals surface area contributed by atoms with E-state index >= 15 is 0 Å². The van der Waals surface area contributed by atoms with E-state index in [1.54, 1.807) is 24.4 Å². The molecule has 0 spiro atoms. The van der Waals surface area contributed by atoms with Crippen LogP contribution >= 0.6 is 51.1 Å². The van der Waals surface area contributed by atoms with Crippen LogP contribution in [-0.2, 0) is 6.54 Å². The molecule has 2 aromatic carbocycles. The maximum atomic E-state index is 13.6. The van der Waals surface area contributed by atoms with Crippen LogP contribution in [0, 0.1) is 5.82 Å². The summed E-state index contributed by atoms with van der Waals surface area (Å²) in [6.07, 6.45) is 2.48. The number of nitrogens with one attached hydrogen (secondary N) is 1. The Labute approximate surface area is 184 Å². The predicted molar refractivity (Wildman–Crippen MR) is 118 cm³/mol. The second kappa shape index (κ2) is 9.05. The molecule has 28 heavy (non-hydrogen) atoms. The highest BCUT2D eigenvalue weighted by atomic mass is 79.9. The lowest BCUT2D eigenvalue weighted by Gasteiger charge is -2.19. The molecule has 0 unspecified atom stereocenters. The highest BCUT2D eigenvalue weighted by Crippen LogP contribution is 2.36. The van der Waals surface area contributed by atoms with E-state index in [0.29, 0.717) is 27.5 Å².